The molecular formula is C18H19N3O2. The Morgan fingerprint density at radius 2 is 2.00 bits per heavy atom. The number of aromatic hydroxyl groups is 1. The third-order valence-electron chi connectivity index (χ3n) is 4.63. The van der Waals surface area contributed by atoms with Gasteiger partial charge in [0.15, 0.2) is 0 Å². The normalized spacial score (nSPS) is 16.2. The zero-order valence-electron chi connectivity index (χ0n) is 13.3. The number of carbonyl (C=O) groups is 1. The van der Waals surface area contributed by atoms with Gasteiger partial charge in [-0.1, -0.05) is 6.07 Å². The van der Waals surface area contributed by atoms with Crippen LogP contribution in [0.5, 0.6) is 5.75 Å². The van der Waals surface area contributed by atoms with Gasteiger partial charge in [0, 0.05) is 50.3 Å². The van der Waals surface area contributed by atoms with Gasteiger partial charge in [-0.05, 0) is 35.8 Å². The van der Waals surface area contributed by atoms with Crippen molar-refractivity contribution in [2.75, 3.05) is 7.05 Å². The number of carbonyl (C=O) groups excluding carboxylic acids is 1. The van der Waals surface area contributed by atoms with E-state index in [1.165, 1.54) is 0 Å². The van der Waals surface area contributed by atoms with Crippen molar-refractivity contribution in [1.29, 1.82) is 0 Å². The van der Waals surface area contributed by atoms with E-state index in [2.05, 4.69) is 16.1 Å². The van der Waals surface area contributed by atoms with E-state index < -0.39 is 0 Å². The summed E-state index contributed by atoms with van der Waals surface area (Å²) in [5.41, 5.74) is 6.14. The van der Waals surface area contributed by atoms with Gasteiger partial charge in [0.05, 0.1) is 5.56 Å². The molecule has 0 saturated carbocycles. The van der Waals surface area contributed by atoms with Gasteiger partial charge in [-0.2, -0.15) is 0 Å². The minimum Gasteiger partial charge on any atom is -0.508 e. The van der Waals surface area contributed by atoms with Crippen molar-refractivity contribution in [1.82, 2.24) is 14.8 Å². The molecule has 1 aromatic carbocycles. The summed E-state index contributed by atoms with van der Waals surface area (Å²) in [7, 11) is 2.02. The lowest BCUT2D eigenvalue weighted by Gasteiger charge is -2.23. The number of fused-ring (bicyclic) bond motifs is 2. The zero-order chi connectivity index (χ0) is 16.1. The maximum atomic E-state index is 13.0. The van der Waals surface area contributed by atoms with E-state index in [0.29, 0.717) is 13.1 Å². The van der Waals surface area contributed by atoms with Crippen LogP contribution in [0.1, 0.15) is 39.7 Å². The van der Waals surface area contributed by atoms with Crippen LogP contribution in [0.2, 0.25) is 0 Å². The summed E-state index contributed by atoms with van der Waals surface area (Å²) in [6.45, 7) is 3.93. The predicted octanol–water partition coefficient (Wildman–Crippen LogP) is 2.68. The fraction of sp³-hybridized carbons (Fsp3) is 0.278. The van der Waals surface area contributed by atoms with Crippen LogP contribution in [-0.4, -0.2) is 32.8 Å². The molecule has 2 aliphatic rings. The first-order valence-corrected chi connectivity index (χ1v) is 7.72. The highest BCUT2D eigenvalue weighted by Gasteiger charge is 2.29. The van der Waals surface area contributed by atoms with E-state index in [1.54, 1.807) is 12.1 Å². The molecular weight excluding hydrogens is 290 g/mol. The van der Waals surface area contributed by atoms with Crippen LogP contribution in [0.25, 0.3) is 5.57 Å². The lowest BCUT2D eigenvalue weighted by atomic mass is 10.0. The Morgan fingerprint density at radius 1 is 1.22 bits per heavy atom. The van der Waals surface area contributed by atoms with Gasteiger partial charge < -0.3 is 19.9 Å². The van der Waals surface area contributed by atoms with Crippen molar-refractivity contribution in [3.05, 3.63) is 58.5 Å². The van der Waals surface area contributed by atoms with Gasteiger partial charge in [0.2, 0.25) is 0 Å². The van der Waals surface area contributed by atoms with E-state index in [-0.39, 0.29) is 11.7 Å². The van der Waals surface area contributed by atoms with Gasteiger partial charge in [-0.25, -0.2) is 0 Å². The van der Waals surface area contributed by atoms with Crippen LogP contribution in [-0.2, 0) is 19.6 Å². The lowest BCUT2D eigenvalue weighted by Crippen LogP contribution is -2.27. The van der Waals surface area contributed by atoms with Crippen molar-refractivity contribution in [2.45, 2.75) is 26.6 Å². The van der Waals surface area contributed by atoms with Crippen molar-refractivity contribution < 1.29 is 9.90 Å². The van der Waals surface area contributed by atoms with Crippen LogP contribution >= 0.6 is 0 Å². The van der Waals surface area contributed by atoms with Crippen LogP contribution in [0.15, 0.2) is 30.6 Å². The molecule has 2 N–H and O–H groups in total. The molecule has 0 atom stereocenters. The highest BCUT2D eigenvalue weighted by Crippen LogP contribution is 2.31. The number of hydrogen-bond donors (Lipinski definition) is 2. The van der Waals surface area contributed by atoms with Gasteiger partial charge in [0.25, 0.3) is 5.91 Å². The van der Waals surface area contributed by atoms with Crippen molar-refractivity contribution >= 4 is 11.5 Å². The Hall–Kier alpha value is -2.69. The molecule has 23 heavy (non-hydrogen) atoms. The minimum absolute atomic E-state index is 0.0429. The topological polar surface area (TPSA) is 59.6 Å². The average Bonchev–Trinajstić information content (AvgIpc) is 3.09. The number of benzene rings is 1. The third kappa shape index (κ3) is 2.20. The third-order valence-corrected chi connectivity index (χ3v) is 4.63. The molecule has 0 saturated heterocycles. The molecule has 1 aromatic heterocycles. The quantitative estimate of drug-likeness (QED) is 0.851. The number of hydrogen-bond acceptors (Lipinski definition) is 3. The summed E-state index contributed by atoms with van der Waals surface area (Å²) in [5.74, 6) is 0.292. The zero-order valence-corrected chi connectivity index (χ0v) is 13.3. The monoisotopic (exact) mass is 309 g/mol. The minimum atomic E-state index is 0.0429. The number of nitrogens with one attached hydrogen (secondary N) is 1. The molecule has 0 bridgehead atoms. The number of nitrogens with zero attached hydrogens (tertiary/aromatic N) is 2. The molecule has 3 heterocycles. The average molecular weight is 309 g/mol. The molecule has 0 unspecified atom stereocenters. The summed E-state index contributed by atoms with van der Waals surface area (Å²) in [6.07, 6.45) is 3.91. The molecule has 5 nitrogen and oxygen atoms in total. The van der Waals surface area contributed by atoms with E-state index in [0.717, 1.165) is 40.1 Å². The van der Waals surface area contributed by atoms with E-state index in [4.69, 9.17) is 0 Å². The maximum absolute atomic E-state index is 13.0. The maximum Gasteiger partial charge on any atom is 0.256 e. The van der Waals surface area contributed by atoms with Gasteiger partial charge in [-0.15, -0.1) is 0 Å². The summed E-state index contributed by atoms with van der Waals surface area (Å²) in [6, 6.07) is 5.31. The van der Waals surface area contributed by atoms with Crippen LogP contribution in [0.4, 0.5) is 0 Å². The molecule has 1 amide bonds. The molecule has 5 heteroatoms. The molecule has 0 fully saturated rings. The number of phenolic OH excluding ortho intramolecular Hbond substituents is 1. The van der Waals surface area contributed by atoms with E-state index in [9.17, 15) is 9.90 Å². The first kappa shape index (κ1) is 13.9. The Morgan fingerprint density at radius 3 is 2.83 bits per heavy atom. The Balaban J connectivity index is 1.64. The standard InChI is InChI=1S/C18H19N3O2/c1-11-7-20(2)10-16-15(6-19-17(11)16)18(23)21-8-12-3-4-14(22)5-13(12)9-21/h3-7,19,22H,8-10H2,1-2H3. The first-order chi connectivity index (χ1) is 11.0. The fourth-order valence-corrected chi connectivity index (χ4v) is 3.55. The summed E-state index contributed by atoms with van der Waals surface area (Å²) in [5, 5.41) is 9.60. The Kier molecular flexibility index (Phi) is 2.98. The van der Waals surface area contributed by atoms with E-state index >= 15 is 0 Å². The molecule has 0 radical (unpaired) electrons. The number of aromatic amines is 1. The van der Waals surface area contributed by atoms with Crippen molar-refractivity contribution in [2.24, 2.45) is 0 Å². The largest absolute Gasteiger partial charge is 0.508 e. The van der Waals surface area contributed by atoms with Crippen LogP contribution in [0, 0.1) is 0 Å². The molecule has 0 spiro atoms. The van der Waals surface area contributed by atoms with Gasteiger partial charge >= 0.3 is 0 Å². The smallest absolute Gasteiger partial charge is 0.256 e. The van der Waals surface area contributed by atoms with Crippen molar-refractivity contribution in [3.63, 3.8) is 0 Å². The van der Waals surface area contributed by atoms with Crippen molar-refractivity contribution in [3.8, 4) is 5.75 Å². The molecule has 2 aromatic rings. The molecule has 4 rings (SSSR count). The van der Waals surface area contributed by atoms with E-state index in [1.807, 2.05) is 31.1 Å². The Labute approximate surface area is 134 Å². The van der Waals surface area contributed by atoms with Crippen LogP contribution < -0.4 is 0 Å². The number of allylic oxidation sites excluding steroid dienone is 1. The van der Waals surface area contributed by atoms with Crippen LogP contribution in [0.3, 0.4) is 0 Å². The number of H-pyrrole nitrogens is 1. The highest BCUT2D eigenvalue weighted by atomic mass is 16.3. The second-order valence-corrected chi connectivity index (χ2v) is 6.40. The second kappa shape index (κ2) is 4.91. The Bertz CT molecular complexity index is 835. The SMILES string of the molecule is CC1=CN(C)Cc2c(C(=O)N3Cc4ccc(O)cc4C3)c[nH]c21. The number of amides is 1. The fourth-order valence-electron chi connectivity index (χ4n) is 3.55. The summed E-state index contributed by atoms with van der Waals surface area (Å²) >= 11 is 0. The summed E-state index contributed by atoms with van der Waals surface area (Å²) < 4.78 is 0. The predicted molar refractivity (Wildman–Crippen MR) is 87.6 cm³/mol. The summed E-state index contributed by atoms with van der Waals surface area (Å²) in [4.78, 5) is 20.1. The molecule has 118 valence electrons. The number of phenols is 1. The lowest BCUT2D eigenvalue weighted by molar-refractivity contribution is 0.0750. The van der Waals surface area contributed by atoms with Gasteiger partial charge in [-0.3, -0.25) is 4.79 Å². The van der Waals surface area contributed by atoms with Gasteiger partial charge in [0.1, 0.15) is 5.75 Å². The first-order valence-electron chi connectivity index (χ1n) is 7.72. The highest BCUT2D eigenvalue weighted by molar-refractivity contribution is 5.97. The number of rotatable bonds is 1. The second-order valence-electron chi connectivity index (χ2n) is 6.40. The molecule has 2 aliphatic heterocycles. The molecule has 0 aliphatic carbocycles. The number of aromatic nitrogens is 1.